The van der Waals surface area contributed by atoms with Gasteiger partial charge in [-0.25, -0.2) is 9.37 Å². The number of hydrogen-bond donors (Lipinski definition) is 3. The van der Waals surface area contributed by atoms with Gasteiger partial charge in [0.25, 0.3) is 11.5 Å². The molecule has 2 amide bonds. The number of benzene rings is 2. The van der Waals surface area contributed by atoms with Gasteiger partial charge in [-0.2, -0.15) is 0 Å². The number of rotatable bonds is 6. The molecule has 0 unspecified atom stereocenters. The first-order chi connectivity index (χ1) is 19.6. The summed E-state index contributed by atoms with van der Waals surface area (Å²) >= 11 is 6.41. The summed E-state index contributed by atoms with van der Waals surface area (Å²) in [5.41, 5.74) is 5.92. The average Bonchev–Trinajstić information content (AvgIpc) is 3.62. The number of halogens is 2. The van der Waals surface area contributed by atoms with E-state index >= 15 is 4.39 Å². The number of nitrogens with one attached hydrogen (secondary N) is 1. The number of carbonyl (C=O) groups excluding carboxylic acids is 2. The molecule has 4 N–H and O–H groups in total. The van der Waals surface area contributed by atoms with Crippen molar-refractivity contribution in [3.8, 4) is 16.9 Å². The lowest BCUT2D eigenvalue weighted by Gasteiger charge is -2.21. The topological polar surface area (TPSA) is 145 Å². The summed E-state index contributed by atoms with van der Waals surface area (Å²) in [6, 6.07) is 7.25. The highest BCUT2D eigenvalue weighted by Crippen LogP contribution is 2.36. The number of nitrogens with two attached hydrogens (primary N) is 1. The molecule has 13 heteroatoms. The van der Waals surface area contributed by atoms with E-state index in [1.54, 1.807) is 6.07 Å². The maximum absolute atomic E-state index is 15.0. The quantitative estimate of drug-likeness (QED) is 0.318. The number of aromatic nitrogens is 3. The maximum Gasteiger partial charge on any atom is 0.263 e. The molecule has 4 heterocycles. The highest BCUT2D eigenvalue weighted by atomic mass is 35.5. The van der Waals surface area contributed by atoms with E-state index in [0.717, 1.165) is 43.9 Å². The van der Waals surface area contributed by atoms with E-state index in [1.165, 1.54) is 28.7 Å². The van der Waals surface area contributed by atoms with Gasteiger partial charge < -0.3 is 34.9 Å². The minimum Gasteiger partial charge on any atom is -0.507 e. The molecule has 0 aliphatic carbocycles. The van der Waals surface area contributed by atoms with Crippen molar-refractivity contribution >= 4 is 45.8 Å². The van der Waals surface area contributed by atoms with Crippen LogP contribution in [0, 0.1) is 11.7 Å². The van der Waals surface area contributed by atoms with Crippen molar-refractivity contribution in [2.45, 2.75) is 19.1 Å². The molecule has 0 saturated carbocycles. The zero-order chi connectivity index (χ0) is 29.0. The zero-order valence-corrected chi connectivity index (χ0v) is 22.7. The van der Waals surface area contributed by atoms with Gasteiger partial charge in [-0.15, -0.1) is 0 Å². The van der Waals surface area contributed by atoms with E-state index in [2.05, 4.69) is 15.2 Å². The van der Waals surface area contributed by atoms with Gasteiger partial charge in [0.1, 0.15) is 23.8 Å². The monoisotopic (exact) mass is 580 g/mol. The third-order valence-corrected chi connectivity index (χ3v) is 8.01. The van der Waals surface area contributed by atoms with Crippen molar-refractivity contribution in [1.29, 1.82) is 0 Å². The van der Waals surface area contributed by atoms with Gasteiger partial charge in [-0.3, -0.25) is 14.4 Å². The van der Waals surface area contributed by atoms with E-state index in [0.29, 0.717) is 16.6 Å². The molecule has 2 aromatic carbocycles. The van der Waals surface area contributed by atoms with Crippen molar-refractivity contribution in [2.24, 2.45) is 18.7 Å². The van der Waals surface area contributed by atoms with Gasteiger partial charge in [0.15, 0.2) is 0 Å². The lowest BCUT2D eigenvalue weighted by Crippen LogP contribution is -2.23. The number of primary amides is 1. The standard InChI is InChI=1S/C28H26ClFN6O5/c1-34-13-32-27-25(28(34)40)18(16-7-17(26(31)39)22(37)8-20(16)30)10-36(27)12-24(38)33-21-6-15(2-3-19(21)29)35-9-14-4-5-41-23(14)11-35/h2-3,6-8,10,13-14,23,37H,4-5,9,11-12H2,1H3,(H2,31,39)(H,33,38)/t14-,23+/m1/s1. The number of carbonyl (C=O) groups is 2. The van der Waals surface area contributed by atoms with Crippen LogP contribution >= 0.6 is 11.6 Å². The number of hydrogen-bond acceptors (Lipinski definition) is 7. The fraction of sp³-hybridized carbons (Fsp3) is 0.286. The maximum atomic E-state index is 15.0. The fourth-order valence-corrected chi connectivity index (χ4v) is 5.76. The summed E-state index contributed by atoms with van der Waals surface area (Å²) in [6.45, 7) is 2.14. The van der Waals surface area contributed by atoms with Gasteiger partial charge in [-0.1, -0.05) is 11.6 Å². The smallest absolute Gasteiger partial charge is 0.263 e. The minimum absolute atomic E-state index is 0.0321. The van der Waals surface area contributed by atoms with Crippen molar-refractivity contribution in [1.82, 2.24) is 14.1 Å². The van der Waals surface area contributed by atoms with E-state index in [1.807, 2.05) is 12.1 Å². The summed E-state index contributed by atoms with van der Waals surface area (Å²) in [6.07, 6.45) is 3.93. The molecule has 2 atom stereocenters. The van der Waals surface area contributed by atoms with Crippen LogP contribution in [0.4, 0.5) is 15.8 Å². The lowest BCUT2D eigenvalue weighted by atomic mass is 10.0. The SMILES string of the molecule is Cn1cnc2c(c(-c3cc(C(N)=O)c(O)cc3F)cn2CC(=O)Nc2cc(N3C[C@H]4CCO[C@H]4C3)ccc2Cl)c1=O. The van der Waals surface area contributed by atoms with Crippen LogP contribution in [0.25, 0.3) is 22.2 Å². The van der Waals surface area contributed by atoms with Crippen LogP contribution in [-0.4, -0.2) is 56.8 Å². The number of phenols is 1. The number of anilines is 2. The summed E-state index contributed by atoms with van der Waals surface area (Å²) in [7, 11) is 1.49. The highest BCUT2D eigenvalue weighted by Gasteiger charge is 2.37. The molecule has 2 aliphatic heterocycles. The highest BCUT2D eigenvalue weighted by molar-refractivity contribution is 6.33. The molecule has 2 saturated heterocycles. The Balaban J connectivity index is 1.32. The molecule has 212 valence electrons. The predicted octanol–water partition coefficient (Wildman–Crippen LogP) is 2.86. The Kier molecular flexibility index (Phi) is 6.66. The molecule has 6 rings (SSSR count). The first-order valence-corrected chi connectivity index (χ1v) is 13.3. The molecule has 0 bridgehead atoms. The molecule has 4 aromatic rings. The Morgan fingerprint density at radius 2 is 2.05 bits per heavy atom. The van der Waals surface area contributed by atoms with Gasteiger partial charge in [0, 0.05) is 61.7 Å². The molecule has 0 radical (unpaired) electrons. The molecule has 2 fully saturated rings. The Labute approximate surface area is 237 Å². The normalized spacial score (nSPS) is 18.2. The van der Waals surface area contributed by atoms with Gasteiger partial charge >= 0.3 is 0 Å². The molecular formula is C28H26ClFN6O5. The largest absolute Gasteiger partial charge is 0.507 e. The predicted molar refractivity (Wildman–Crippen MR) is 151 cm³/mol. The Hall–Kier alpha value is -4.42. The summed E-state index contributed by atoms with van der Waals surface area (Å²) in [5, 5.41) is 13.2. The van der Waals surface area contributed by atoms with E-state index < -0.39 is 28.9 Å². The molecule has 11 nitrogen and oxygen atoms in total. The van der Waals surface area contributed by atoms with E-state index in [9.17, 15) is 19.5 Å². The second kappa shape index (κ2) is 10.2. The number of amides is 2. The Morgan fingerprint density at radius 1 is 1.24 bits per heavy atom. The molecule has 41 heavy (non-hydrogen) atoms. The molecule has 2 aliphatic rings. The van der Waals surface area contributed by atoms with Crippen LogP contribution in [0.5, 0.6) is 5.75 Å². The van der Waals surface area contributed by atoms with Gasteiger partial charge in [-0.05, 0) is 30.7 Å². The van der Waals surface area contributed by atoms with Crippen LogP contribution in [0.2, 0.25) is 5.02 Å². The van der Waals surface area contributed by atoms with Gasteiger partial charge in [0.2, 0.25) is 5.91 Å². The first kappa shape index (κ1) is 26.8. The van der Waals surface area contributed by atoms with E-state index in [4.69, 9.17) is 22.1 Å². The van der Waals surface area contributed by atoms with Crippen molar-refractivity contribution < 1.29 is 23.8 Å². The fourth-order valence-electron chi connectivity index (χ4n) is 5.60. The number of aryl methyl sites for hydroxylation is 1. The van der Waals surface area contributed by atoms with Crippen LogP contribution in [0.15, 0.2) is 47.7 Å². The number of ether oxygens (including phenoxy) is 1. The van der Waals surface area contributed by atoms with Crippen LogP contribution in [0.1, 0.15) is 16.8 Å². The second-order valence-electron chi connectivity index (χ2n) is 10.3. The number of fused-ring (bicyclic) bond motifs is 2. The molecule has 2 aromatic heterocycles. The molecule has 0 spiro atoms. The average molecular weight is 581 g/mol. The summed E-state index contributed by atoms with van der Waals surface area (Å²) < 4.78 is 23.5. The van der Waals surface area contributed by atoms with Gasteiger partial charge in [0.05, 0.1) is 34.1 Å². The van der Waals surface area contributed by atoms with Crippen molar-refractivity contribution in [3.05, 3.63) is 69.6 Å². The Morgan fingerprint density at radius 3 is 2.80 bits per heavy atom. The van der Waals surface area contributed by atoms with Crippen LogP contribution in [0.3, 0.4) is 0 Å². The Bertz CT molecular complexity index is 1770. The second-order valence-corrected chi connectivity index (χ2v) is 10.7. The van der Waals surface area contributed by atoms with E-state index in [-0.39, 0.29) is 40.4 Å². The van der Waals surface area contributed by atoms with Crippen LogP contribution < -0.4 is 21.5 Å². The first-order valence-electron chi connectivity index (χ1n) is 12.9. The number of nitrogens with zero attached hydrogens (tertiary/aromatic N) is 4. The van der Waals surface area contributed by atoms with Crippen molar-refractivity contribution in [3.63, 3.8) is 0 Å². The number of aromatic hydroxyl groups is 1. The molecular weight excluding hydrogens is 555 g/mol. The summed E-state index contributed by atoms with van der Waals surface area (Å²) in [5.74, 6) is -2.46. The lowest BCUT2D eigenvalue weighted by molar-refractivity contribution is -0.116. The van der Waals surface area contributed by atoms with Crippen LogP contribution in [-0.2, 0) is 23.1 Å². The third kappa shape index (κ3) is 4.78. The minimum atomic E-state index is -0.971. The van der Waals surface area contributed by atoms with Crippen molar-refractivity contribution in [2.75, 3.05) is 29.9 Å². The third-order valence-electron chi connectivity index (χ3n) is 7.68. The summed E-state index contributed by atoms with van der Waals surface area (Å²) in [4.78, 5) is 44.6. The zero-order valence-electron chi connectivity index (χ0n) is 21.9.